The number of nitrogens with zero attached hydrogens (tertiary/aromatic N) is 3. The van der Waals surface area contributed by atoms with Crippen molar-refractivity contribution in [3.8, 4) is 11.3 Å². The molecule has 0 unspecified atom stereocenters. The van der Waals surface area contributed by atoms with Gasteiger partial charge in [0, 0.05) is 25.7 Å². The SMILES string of the molecule is CCN(CC)C(=O)CN(C)C(=O)c1c(-c2c(Cl)cccc2Cl)noc1C. The van der Waals surface area contributed by atoms with Crippen LogP contribution in [0.3, 0.4) is 0 Å². The van der Waals surface area contributed by atoms with Gasteiger partial charge in [0.1, 0.15) is 17.0 Å². The lowest BCUT2D eigenvalue weighted by Crippen LogP contribution is -2.41. The first-order valence-corrected chi connectivity index (χ1v) is 9.01. The number of amides is 2. The number of hydrogen-bond acceptors (Lipinski definition) is 4. The molecule has 2 aromatic rings. The molecule has 0 atom stereocenters. The van der Waals surface area contributed by atoms with Gasteiger partial charge in [0.25, 0.3) is 5.91 Å². The Balaban J connectivity index is 2.36. The molecule has 1 aromatic carbocycles. The van der Waals surface area contributed by atoms with Crippen molar-refractivity contribution in [1.29, 1.82) is 0 Å². The van der Waals surface area contributed by atoms with Crippen LogP contribution in [-0.4, -0.2) is 53.5 Å². The highest BCUT2D eigenvalue weighted by molar-refractivity contribution is 6.39. The summed E-state index contributed by atoms with van der Waals surface area (Å²) >= 11 is 12.5. The van der Waals surface area contributed by atoms with E-state index in [0.717, 1.165) is 0 Å². The third kappa shape index (κ3) is 4.02. The molecular formula is C18H21Cl2N3O3. The monoisotopic (exact) mass is 397 g/mol. The molecule has 0 N–H and O–H groups in total. The van der Waals surface area contributed by atoms with E-state index in [2.05, 4.69) is 5.16 Å². The normalized spacial score (nSPS) is 10.7. The summed E-state index contributed by atoms with van der Waals surface area (Å²) in [5.74, 6) is -0.171. The lowest BCUT2D eigenvalue weighted by molar-refractivity contribution is -0.131. The second-order valence-electron chi connectivity index (χ2n) is 5.79. The van der Waals surface area contributed by atoms with E-state index in [1.807, 2.05) is 13.8 Å². The highest BCUT2D eigenvalue weighted by atomic mass is 35.5. The summed E-state index contributed by atoms with van der Waals surface area (Å²) in [6, 6.07) is 5.03. The molecule has 2 amide bonds. The summed E-state index contributed by atoms with van der Waals surface area (Å²) < 4.78 is 5.22. The standard InChI is InChI=1S/C18H21Cl2N3O3/c1-5-23(6-2)14(24)10-22(4)18(25)15-11(3)26-21-17(15)16-12(19)8-7-9-13(16)20/h7-9H,5-6,10H2,1-4H3. The number of aryl methyl sites for hydroxylation is 1. The van der Waals surface area contributed by atoms with Gasteiger partial charge in [0.05, 0.1) is 16.6 Å². The van der Waals surface area contributed by atoms with Gasteiger partial charge in [-0.2, -0.15) is 0 Å². The Labute approximate surface area is 162 Å². The Hall–Kier alpha value is -2.05. The summed E-state index contributed by atoms with van der Waals surface area (Å²) in [6.07, 6.45) is 0. The molecule has 0 aliphatic rings. The molecule has 0 saturated carbocycles. The van der Waals surface area contributed by atoms with Gasteiger partial charge in [0.15, 0.2) is 0 Å². The van der Waals surface area contributed by atoms with Crippen molar-refractivity contribution in [2.24, 2.45) is 0 Å². The minimum absolute atomic E-state index is 0.0408. The molecule has 6 nitrogen and oxygen atoms in total. The summed E-state index contributed by atoms with van der Waals surface area (Å²) in [6.45, 7) is 6.55. The van der Waals surface area contributed by atoms with E-state index < -0.39 is 0 Å². The first-order valence-electron chi connectivity index (χ1n) is 8.25. The van der Waals surface area contributed by atoms with Crippen LogP contribution in [0.2, 0.25) is 10.0 Å². The van der Waals surface area contributed by atoms with Gasteiger partial charge in [-0.05, 0) is 32.9 Å². The van der Waals surface area contributed by atoms with Crippen molar-refractivity contribution in [2.75, 3.05) is 26.7 Å². The molecule has 1 heterocycles. The fraction of sp³-hybridized carbons (Fsp3) is 0.389. The predicted molar refractivity (Wildman–Crippen MR) is 102 cm³/mol. The average molecular weight is 398 g/mol. The molecule has 1 aromatic heterocycles. The van der Waals surface area contributed by atoms with Crippen LogP contribution in [-0.2, 0) is 4.79 Å². The van der Waals surface area contributed by atoms with Crippen molar-refractivity contribution >= 4 is 35.0 Å². The molecule has 0 spiro atoms. The van der Waals surface area contributed by atoms with E-state index >= 15 is 0 Å². The minimum Gasteiger partial charge on any atom is -0.360 e. The van der Waals surface area contributed by atoms with E-state index in [1.54, 1.807) is 37.1 Å². The molecule has 0 fully saturated rings. The summed E-state index contributed by atoms with van der Waals surface area (Å²) in [5, 5.41) is 4.70. The Bertz CT molecular complexity index is 796. The maximum atomic E-state index is 12.9. The molecule has 0 bridgehead atoms. The van der Waals surface area contributed by atoms with Crippen LogP contribution in [0.5, 0.6) is 0 Å². The van der Waals surface area contributed by atoms with Gasteiger partial charge in [0.2, 0.25) is 5.91 Å². The van der Waals surface area contributed by atoms with Crippen LogP contribution >= 0.6 is 23.2 Å². The van der Waals surface area contributed by atoms with Crippen LogP contribution in [0.25, 0.3) is 11.3 Å². The number of aromatic nitrogens is 1. The van der Waals surface area contributed by atoms with Gasteiger partial charge in [-0.25, -0.2) is 0 Å². The summed E-state index contributed by atoms with van der Waals surface area (Å²) in [7, 11) is 1.56. The molecule has 0 aliphatic carbocycles. The lowest BCUT2D eigenvalue weighted by Gasteiger charge is -2.23. The number of hydrogen-bond donors (Lipinski definition) is 0. The van der Waals surface area contributed by atoms with Crippen molar-refractivity contribution in [2.45, 2.75) is 20.8 Å². The van der Waals surface area contributed by atoms with E-state index in [1.165, 1.54) is 4.90 Å². The first-order chi connectivity index (χ1) is 12.3. The van der Waals surface area contributed by atoms with Gasteiger partial charge in [-0.15, -0.1) is 0 Å². The average Bonchev–Trinajstić information content (AvgIpc) is 2.96. The van der Waals surface area contributed by atoms with Gasteiger partial charge < -0.3 is 14.3 Å². The van der Waals surface area contributed by atoms with Crippen molar-refractivity contribution < 1.29 is 14.1 Å². The van der Waals surface area contributed by atoms with E-state index in [0.29, 0.717) is 34.5 Å². The lowest BCUT2D eigenvalue weighted by atomic mass is 10.0. The van der Waals surface area contributed by atoms with Crippen LogP contribution in [0.4, 0.5) is 0 Å². The smallest absolute Gasteiger partial charge is 0.259 e. The van der Waals surface area contributed by atoms with Gasteiger partial charge in [-0.3, -0.25) is 9.59 Å². The zero-order valence-electron chi connectivity index (χ0n) is 15.2. The number of likely N-dealkylation sites (N-methyl/N-ethyl adjacent to an activating group) is 2. The highest BCUT2D eigenvalue weighted by Gasteiger charge is 2.28. The Morgan fingerprint density at radius 1 is 1.15 bits per heavy atom. The maximum absolute atomic E-state index is 12.9. The van der Waals surface area contributed by atoms with Crippen LogP contribution in [0.1, 0.15) is 30.0 Å². The van der Waals surface area contributed by atoms with Gasteiger partial charge >= 0.3 is 0 Å². The molecule has 0 saturated heterocycles. The summed E-state index contributed by atoms with van der Waals surface area (Å²) in [4.78, 5) is 28.2. The zero-order chi connectivity index (χ0) is 19.4. The van der Waals surface area contributed by atoms with E-state index in [9.17, 15) is 9.59 Å². The third-order valence-electron chi connectivity index (χ3n) is 4.11. The predicted octanol–water partition coefficient (Wildman–Crippen LogP) is 3.90. The van der Waals surface area contributed by atoms with Crippen molar-refractivity contribution in [3.63, 3.8) is 0 Å². The molecule has 140 valence electrons. The van der Waals surface area contributed by atoms with E-state index in [-0.39, 0.29) is 29.6 Å². The van der Waals surface area contributed by atoms with E-state index in [4.69, 9.17) is 27.7 Å². The largest absolute Gasteiger partial charge is 0.360 e. The number of carbonyl (C=O) groups is 2. The van der Waals surface area contributed by atoms with Gasteiger partial charge in [-0.1, -0.05) is 34.4 Å². The molecule has 2 rings (SSSR count). The number of carbonyl (C=O) groups excluding carboxylic acids is 2. The highest BCUT2D eigenvalue weighted by Crippen LogP contribution is 2.37. The number of benzene rings is 1. The molecule has 8 heteroatoms. The third-order valence-corrected chi connectivity index (χ3v) is 4.74. The zero-order valence-corrected chi connectivity index (χ0v) is 16.7. The Kier molecular flexibility index (Phi) is 6.67. The fourth-order valence-corrected chi connectivity index (χ4v) is 3.24. The second-order valence-corrected chi connectivity index (χ2v) is 6.60. The van der Waals surface area contributed by atoms with Crippen molar-refractivity contribution in [3.05, 3.63) is 39.6 Å². The topological polar surface area (TPSA) is 66.7 Å². The second kappa shape index (κ2) is 8.56. The number of halogens is 2. The number of rotatable bonds is 6. The molecule has 0 aliphatic heterocycles. The first kappa shape index (κ1) is 20.3. The Morgan fingerprint density at radius 3 is 2.27 bits per heavy atom. The Morgan fingerprint density at radius 2 is 1.73 bits per heavy atom. The van der Waals surface area contributed by atoms with Crippen molar-refractivity contribution in [1.82, 2.24) is 15.0 Å². The molecular weight excluding hydrogens is 377 g/mol. The minimum atomic E-state index is -0.379. The van der Waals surface area contributed by atoms with Crippen LogP contribution in [0, 0.1) is 6.92 Å². The maximum Gasteiger partial charge on any atom is 0.259 e. The van der Waals surface area contributed by atoms with Crippen LogP contribution < -0.4 is 0 Å². The fourth-order valence-electron chi connectivity index (χ4n) is 2.66. The molecule has 26 heavy (non-hydrogen) atoms. The molecule has 0 radical (unpaired) electrons. The summed E-state index contributed by atoms with van der Waals surface area (Å²) in [5.41, 5.74) is 0.944. The quantitative estimate of drug-likeness (QED) is 0.740. The van der Waals surface area contributed by atoms with Crippen LogP contribution in [0.15, 0.2) is 22.7 Å².